The normalized spacial score (nSPS) is 54.3. The van der Waals surface area contributed by atoms with Gasteiger partial charge in [0.25, 0.3) is 0 Å². The third kappa shape index (κ3) is 1.10. The van der Waals surface area contributed by atoms with Gasteiger partial charge in [-0.3, -0.25) is 0 Å². The molecule has 0 heterocycles. The lowest BCUT2D eigenvalue weighted by Crippen LogP contribution is -2.14. The fourth-order valence-corrected chi connectivity index (χ4v) is 2.51. The molecule has 2 aliphatic carbocycles. The van der Waals surface area contributed by atoms with Crippen LogP contribution in [0, 0.1) is 17.8 Å². The molecule has 0 aliphatic heterocycles. The predicted molar refractivity (Wildman–Crippen MR) is 45.2 cm³/mol. The maximum Gasteiger partial charge on any atom is 0.0711 e. The molecule has 1 heteroatoms. The number of hydrogen-bond acceptors (Lipinski definition) is 1. The van der Waals surface area contributed by atoms with E-state index in [1.807, 2.05) is 0 Å². The van der Waals surface area contributed by atoms with Crippen LogP contribution in [-0.4, -0.2) is 10.7 Å². The van der Waals surface area contributed by atoms with Crippen molar-refractivity contribution in [1.82, 2.24) is 0 Å². The van der Waals surface area contributed by atoms with Crippen molar-refractivity contribution in [2.45, 2.75) is 45.1 Å². The highest BCUT2D eigenvalue weighted by Crippen LogP contribution is 2.62. The molecule has 0 spiro atoms. The predicted octanol–water partition coefficient (Wildman–Crippen LogP) is 2.19. The van der Waals surface area contributed by atoms with E-state index in [1.54, 1.807) is 0 Å². The van der Waals surface area contributed by atoms with E-state index in [0.29, 0.717) is 11.8 Å². The Morgan fingerprint density at radius 1 is 1.55 bits per heavy atom. The van der Waals surface area contributed by atoms with Crippen molar-refractivity contribution in [3.63, 3.8) is 0 Å². The van der Waals surface area contributed by atoms with E-state index < -0.39 is 0 Å². The fourth-order valence-electron chi connectivity index (χ4n) is 2.51. The van der Waals surface area contributed by atoms with Gasteiger partial charge in [0.05, 0.1) is 5.60 Å². The SMILES string of the molecule is CCCC1CC1(O)C1CC1C. The van der Waals surface area contributed by atoms with Gasteiger partial charge in [-0.2, -0.15) is 0 Å². The summed E-state index contributed by atoms with van der Waals surface area (Å²) in [7, 11) is 0. The molecule has 11 heavy (non-hydrogen) atoms. The molecule has 1 N–H and O–H groups in total. The summed E-state index contributed by atoms with van der Waals surface area (Å²) < 4.78 is 0. The van der Waals surface area contributed by atoms with Crippen LogP contribution in [0.25, 0.3) is 0 Å². The minimum absolute atomic E-state index is 0.199. The molecule has 2 fully saturated rings. The minimum atomic E-state index is -0.199. The van der Waals surface area contributed by atoms with E-state index in [9.17, 15) is 5.11 Å². The van der Waals surface area contributed by atoms with Crippen LogP contribution < -0.4 is 0 Å². The van der Waals surface area contributed by atoms with Crippen LogP contribution in [0.15, 0.2) is 0 Å². The van der Waals surface area contributed by atoms with Gasteiger partial charge in [0.2, 0.25) is 0 Å². The molecule has 2 saturated carbocycles. The molecule has 4 unspecified atom stereocenters. The Morgan fingerprint density at radius 3 is 2.64 bits per heavy atom. The Morgan fingerprint density at radius 2 is 2.18 bits per heavy atom. The van der Waals surface area contributed by atoms with Crippen molar-refractivity contribution in [3.8, 4) is 0 Å². The Hall–Kier alpha value is -0.0400. The second-order valence-corrected chi connectivity index (χ2v) is 4.50. The summed E-state index contributed by atoms with van der Waals surface area (Å²) in [6.07, 6.45) is 4.83. The molecule has 0 saturated heterocycles. The van der Waals surface area contributed by atoms with Gasteiger partial charge in [-0.25, -0.2) is 0 Å². The second-order valence-electron chi connectivity index (χ2n) is 4.50. The minimum Gasteiger partial charge on any atom is -0.389 e. The van der Waals surface area contributed by atoms with Gasteiger partial charge in [0, 0.05) is 0 Å². The summed E-state index contributed by atoms with van der Waals surface area (Å²) in [6, 6.07) is 0. The zero-order chi connectivity index (χ0) is 8.06. The molecular weight excluding hydrogens is 136 g/mol. The van der Waals surface area contributed by atoms with Crippen LogP contribution in [0.4, 0.5) is 0 Å². The van der Waals surface area contributed by atoms with E-state index >= 15 is 0 Å². The van der Waals surface area contributed by atoms with Crippen molar-refractivity contribution >= 4 is 0 Å². The van der Waals surface area contributed by atoms with Gasteiger partial charge in [0.1, 0.15) is 0 Å². The Balaban J connectivity index is 1.86. The van der Waals surface area contributed by atoms with Crippen molar-refractivity contribution in [1.29, 1.82) is 0 Å². The summed E-state index contributed by atoms with van der Waals surface area (Å²) in [5, 5.41) is 10.0. The number of aliphatic hydroxyl groups is 1. The lowest BCUT2D eigenvalue weighted by Gasteiger charge is -2.07. The average molecular weight is 154 g/mol. The first kappa shape index (κ1) is 7.60. The van der Waals surface area contributed by atoms with E-state index in [-0.39, 0.29) is 5.60 Å². The lowest BCUT2D eigenvalue weighted by molar-refractivity contribution is 0.0999. The standard InChI is InChI=1S/C10H18O/c1-3-4-8-6-10(8,11)9-5-7(9)2/h7-9,11H,3-6H2,1-2H3. The smallest absolute Gasteiger partial charge is 0.0711 e. The zero-order valence-electron chi connectivity index (χ0n) is 7.51. The van der Waals surface area contributed by atoms with E-state index in [1.165, 1.54) is 19.3 Å². The van der Waals surface area contributed by atoms with Crippen molar-refractivity contribution in [2.75, 3.05) is 0 Å². The van der Waals surface area contributed by atoms with Gasteiger partial charge in [-0.1, -0.05) is 20.3 Å². The van der Waals surface area contributed by atoms with Crippen LogP contribution in [0.2, 0.25) is 0 Å². The van der Waals surface area contributed by atoms with Gasteiger partial charge < -0.3 is 5.11 Å². The summed E-state index contributed by atoms with van der Waals surface area (Å²) in [6.45, 7) is 4.46. The first-order valence-electron chi connectivity index (χ1n) is 4.91. The molecule has 0 aromatic heterocycles. The van der Waals surface area contributed by atoms with Gasteiger partial charge in [-0.05, 0) is 37.0 Å². The summed E-state index contributed by atoms with van der Waals surface area (Å²) in [5.41, 5.74) is -0.199. The molecule has 4 atom stereocenters. The molecule has 0 amide bonds. The zero-order valence-corrected chi connectivity index (χ0v) is 7.51. The fraction of sp³-hybridized carbons (Fsp3) is 1.00. The highest BCUT2D eigenvalue weighted by Gasteiger charge is 2.63. The second kappa shape index (κ2) is 2.22. The first-order valence-corrected chi connectivity index (χ1v) is 4.91. The Labute approximate surface area is 68.8 Å². The molecule has 2 rings (SSSR count). The molecular formula is C10H18O. The summed E-state index contributed by atoms with van der Waals surface area (Å²) in [4.78, 5) is 0. The average Bonchev–Trinajstić information content (AvgIpc) is 2.77. The molecule has 0 radical (unpaired) electrons. The molecule has 1 nitrogen and oxygen atoms in total. The number of hydrogen-bond donors (Lipinski definition) is 1. The molecule has 0 aromatic rings. The van der Waals surface area contributed by atoms with Crippen LogP contribution in [-0.2, 0) is 0 Å². The lowest BCUT2D eigenvalue weighted by atomic mass is 10.1. The molecule has 0 aromatic carbocycles. The van der Waals surface area contributed by atoms with E-state index in [4.69, 9.17) is 0 Å². The molecule has 0 bridgehead atoms. The van der Waals surface area contributed by atoms with Crippen LogP contribution in [0.3, 0.4) is 0 Å². The summed E-state index contributed by atoms with van der Waals surface area (Å²) in [5.74, 6) is 2.13. The first-order chi connectivity index (χ1) is 5.18. The van der Waals surface area contributed by atoms with Crippen molar-refractivity contribution in [2.24, 2.45) is 17.8 Å². The van der Waals surface area contributed by atoms with Crippen LogP contribution in [0.5, 0.6) is 0 Å². The van der Waals surface area contributed by atoms with Crippen molar-refractivity contribution in [3.05, 3.63) is 0 Å². The van der Waals surface area contributed by atoms with E-state index in [2.05, 4.69) is 13.8 Å². The third-order valence-corrected chi connectivity index (χ3v) is 3.51. The van der Waals surface area contributed by atoms with Gasteiger partial charge in [0.15, 0.2) is 0 Å². The highest BCUT2D eigenvalue weighted by atomic mass is 16.3. The van der Waals surface area contributed by atoms with Crippen LogP contribution >= 0.6 is 0 Å². The quantitative estimate of drug-likeness (QED) is 0.660. The highest BCUT2D eigenvalue weighted by molar-refractivity contribution is 5.13. The van der Waals surface area contributed by atoms with Gasteiger partial charge in [-0.15, -0.1) is 0 Å². The maximum atomic E-state index is 10.0. The summed E-state index contributed by atoms with van der Waals surface area (Å²) >= 11 is 0. The van der Waals surface area contributed by atoms with Crippen molar-refractivity contribution < 1.29 is 5.11 Å². The number of rotatable bonds is 3. The largest absolute Gasteiger partial charge is 0.389 e. The van der Waals surface area contributed by atoms with E-state index in [0.717, 1.165) is 12.3 Å². The maximum absolute atomic E-state index is 10.0. The van der Waals surface area contributed by atoms with Crippen LogP contribution in [0.1, 0.15) is 39.5 Å². The topological polar surface area (TPSA) is 20.2 Å². The Bertz CT molecular complexity index is 166. The monoisotopic (exact) mass is 154 g/mol. The van der Waals surface area contributed by atoms with Gasteiger partial charge >= 0.3 is 0 Å². The Kier molecular flexibility index (Phi) is 1.54. The third-order valence-electron chi connectivity index (χ3n) is 3.51. The molecule has 64 valence electrons. The molecule has 2 aliphatic rings.